The molecule has 1 aliphatic heterocycles. The van der Waals surface area contributed by atoms with Crippen LogP contribution in [0.15, 0.2) is 47.2 Å². The van der Waals surface area contributed by atoms with Gasteiger partial charge in [0.05, 0.1) is 7.11 Å². The molecule has 0 saturated carbocycles. The molecule has 0 fully saturated rings. The average Bonchev–Trinajstić information content (AvgIpc) is 2.97. The van der Waals surface area contributed by atoms with E-state index in [9.17, 15) is 4.79 Å². The van der Waals surface area contributed by atoms with E-state index in [0.29, 0.717) is 5.02 Å². The van der Waals surface area contributed by atoms with Gasteiger partial charge in [-0.05, 0) is 28.2 Å². The van der Waals surface area contributed by atoms with Gasteiger partial charge in [0, 0.05) is 11.6 Å². The van der Waals surface area contributed by atoms with Crippen molar-refractivity contribution in [2.45, 2.75) is 6.04 Å². The third-order valence-corrected chi connectivity index (χ3v) is 5.23. The van der Waals surface area contributed by atoms with Crippen molar-refractivity contribution in [3.63, 3.8) is 0 Å². The molecule has 1 N–H and O–H groups in total. The summed E-state index contributed by atoms with van der Waals surface area (Å²) in [4.78, 5) is 11.9. The summed E-state index contributed by atoms with van der Waals surface area (Å²) in [5.41, 5.74) is 0.756. The monoisotopic (exact) mass is 347 g/mol. The highest BCUT2D eigenvalue weighted by Gasteiger charge is 2.22. The van der Waals surface area contributed by atoms with E-state index in [1.54, 1.807) is 6.07 Å². The van der Waals surface area contributed by atoms with Crippen molar-refractivity contribution in [3.8, 4) is 0 Å². The lowest BCUT2D eigenvalue weighted by atomic mass is 10.1. The van der Waals surface area contributed by atoms with Gasteiger partial charge in [-0.15, -0.1) is 12.4 Å². The molecule has 0 unspecified atom stereocenters. The van der Waals surface area contributed by atoms with Gasteiger partial charge in [0.1, 0.15) is 6.04 Å². The minimum atomic E-state index is -0.515. The zero-order chi connectivity index (χ0) is 14.4. The van der Waals surface area contributed by atoms with Crippen LogP contribution in [0.4, 0.5) is 0 Å². The van der Waals surface area contributed by atoms with E-state index in [1.165, 1.54) is 7.11 Å². The van der Waals surface area contributed by atoms with Gasteiger partial charge >= 0.3 is 5.97 Å². The number of nitrogens with one attached hydrogen (secondary N) is 1. The van der Waals surface area contributed by atoms with Crippen LogP contribution in [0.5, 0.6) is 0 Å². The van der Waals surface area contributed by atoms with Gasteiger partial charge in [0.2, 0.25) is 0 Å². The fourth-order valence-electron chi connectivity index (χ4n) is 2.00. The Bertz CT molecular complexity index is 522. The van der Waals surface area contributed by atoms with Crippen LogP contribution in [-0.2, 0) is 9.53 Å². The molecule has 1 aliphatic rings. The van der Waals surface area contributed by atoms with Crippen LogP contribution in [0.2, 0.25) is 5.02 Å². The third kappa shape index (κ3) is 5.08. The molecule has 0 bridgehead atoms. The van der Waals surface area contributed by atoms with Gasteiger partial charge in [0.25, 0.3) is 0 Å². The molecule has 1 atom stereocenters. The summed E-state index contributed by atoms with van der Waals surface area (Å²) >= 11 is 6.16. The molecule has 0 spiro atoms. The Morgan fingerprint density at radius 1 is 1.33 bits per heavy atom. The Balaban J connectivity index is 0.00000220. The van der Waals surface area contributed by atoms with Crippen molar-refractivity contribution >= 4 is 40.9 Å². The van der Waals surface area contributed by atoms with Gasteiger partial charge in [-0.1, -0.05) is 42.0 Å². The Morgan fingerprint density at radius 2 is 2.00 bits per heavy atom. The fourth-order valence-corrected chi connectivity index (χ4v) is 3.68. The predicted molar refractivity (Wildman–Crippen MR) is 93.6 cm³/mol. The lowest BCUT2D eigenvalue weighted by molar-refractivity contribution is -0.143. The highest BCUT2D eigenvalue weighted by Crippen LogP contribution is 2.32. The Kier molecular flexibility index (Phi) is 7.89. The summed E-state index contributed by atoms with van der Waals surface area (Å²) in [6, 6.07) is 6.82. The zero-order valence-electron chi connectivity index (χ0n) is 11.7. The number of hydrogen-bond acceptors (Lipinski definition) is 3. The van der Waals surface area contributed by atoms with Crippen LogP contribution < -0.4 is 5.32 Å². The number of rotatable bonds is 6. The number of benzene rings is 1. The van der Waals surface area contributed by atoms with Crippen molar-refractivity contribution in [2.75, 3.05) is 19.4 Å². The van der Waals surface area contributed by atoms with Crippen LogP contribution >= 0.6 is 34.9 Å². The second-order valence-electron chi connectivity index (χ2n) is 4.35. The van der Waals surface area contributed by atoms with Gasteiger partial charge in [-0.3, -0.25) is 5.32 Å². The van der Waals surface area contributed by atoms with E-state index in [0.717, 1.165) is 17.9 Å². The molecule has 0 radical (unpaired) electrons. The summed E-state index contributed by atoms with van der Waals surface area (Å²) < 4.78 is 4.86. The smallest absolute Gasteiger partial charge is 0.327 e. The molecule has 0 saturated heterocycles. The molecule has 21 heavy (non-hydrogen) atoms. The molecular formula is C15H19Cl2NO2S. The predicted octanol–water partition coefficient (Wildman–Crippen LogP) is 3.61. The lowest BCUT2D eigenvalue weighted by Gasteiger charge is -2.19. The van der Waals surface area contributed by atoms with Crippen molar-refractivity contribution in [1.82, 2.24) is 5.32 Å². The first-order valence-corrected chi connectivity index (χ1v) is 8.43. The normalized spacial score (nSPS) is 15.6. The molecule has 3 nitrogen and oxygen atoms in total. The zero-order valence-corrected chi connectivity index (χ0v) is 14.1. The molecule has 2 rings (SSSR count). The molecule has 116 valence electrons. The Labute approximate surface area is 139 Å². The number of carbonyl (C=O) groups excluding carboxylic acids is 1. The maximum atomic E-state index is 11.9. The summed E-state index contributed by atoms with van der Waals surface area (Å²) in [6.07, 6.45) is 4.13. The minimum absolute atomic E-state index is 0. The second-order valence-corrected chi connectivity index (χ2v) is 6.83. The summed E-state index contributed by atoms with van der Waals surface area (Å²) in [5.74, 6) is 0.684. The SMILES string of the molecule is COC(=O)[C@@H](NCC[SH]1C=CC=C1)c1ccccc1Cl.Cl. The average molecular weight is 348 g/mol. The Morgan fingerprint density at radius 3 is 2.62 bits per heavy atom. The lowest BCUT2D eigenvalue weighted by Crippen LogP contribution is -2.31. The largest absolute Gasteiger partial charge is 0.468 e. The fraction of sp³-hybridized carbons (Fsp3) is 0.267. The number of thiol groups is 1. The topological polar surface area (TPSA) is 38.3 Å². The highest BCUT2D eigenvalue weighted by atomic mass is 35.5. The van der Waals surface area contributed by atoms with Crippen molar-refractivity contribution in [2.24, 2.45) is 0 Å². The minimum Gasteiger partial charge on any atom is -0.468 e. The van der Waals surface area contributed by atoms with Gasteiger partial charge < -0.3 is 4.74 Å². The van der Waals surface area contributed by atoms with Crippen LogP contribution in [-0.4, -0.2) is 25.4 Å². The molecular weight excluding hydrogens is 329 g/mol. The maximum Gasteiger partial charge on any atom is 0.327 e. The van der Waals surface area contributed by atoms with E-state index < -0.39 is 6.04 Å². The number of esters is 1. The molecule has 1 aromatic carbocycles. The van der Waals surface area contributed by atoms with Crippen molar-refractivity contribution in [3.05, 3.63) is 57.8 Å². The number of hydrogen-bond donors (Lipinski definition) is 2. The van der Waals surface area contributed by atoms with Crippen LogP contribution in [0.25, 0.3) is 0 Å². The molecule has 1 heterocycles. The van der Waals surface area contributed by atoms with Gasteiger partial charge in [-0.2, -0.15) is 0 Å². The standard InChI is InChI=1S/C15H18ClNO2S.ClH/c1-19-15(18)14(12-6-2-3-7-13(12)16)17-8-11-20-9-4-5-10-20;/h2-7,9-10,14,17,20H,8,11H2,1H3;1H/t14-;/m0./s1. The number of methoxy groups -OCH3 is 1. The Hall–Kier alpha value is -0.940. The van der Waals surface area contributed by atoms with Crippen LogP contribution in [0.1, 0.15) is 11.6 Å². The second kappa shape index (κ2) is 9.15. The molecule has 6 heteroatoms. The number of allylic oxidation sites excluding steroid dienone is 2. The third-order valence-electron chi connectivity index (χ3n) is 3.04. The highest BCUT2D eigenvalue weighted by molar-refractivity contribution is 8.22. The number of halogens is 2. The first-order valence-electron chi connectivity index (χ1n) is 6.39. The van der Waals surface area contributed by atoms with E-state index in [2.05, 4.69) is 28.3 Å². The summed E-state index contributed by atoms with van der Waals surface area (Å²) in [6.45, 7) is 0.741. The molecule has 1 aromatic rings. The maximum absolute atomic E-state index is 11.9. The quantitative estimate of drug-likeness (QED) is 0.609. The van der Waals surface area contributed by atoms with E-state index in [1.807, 2.05) is 18.2 Å². The molecule has 0 aliphatic carbocycles. The van der Waals surface area contributed by atoms with Crippen LogP contribution in [0.3, 0.4) is 0 Å². The van der Waals surface area contributed by atoms with Gasteiger partial charge in [0.15, 0.2) is 0 Å². The first-order chi connectivity index (χ1) is 9.72. The summed E-state index contributed by atoms with van der Waals surface area (Å²) in [7, 11) is 1.20. The number of carbonyl (C=O) groups is 1. The molecule has 0 amide bonds. The number of ether oxygens (including phenoxy) is 1. The first kappa shape index (κ1) is 18.1. The van der Waals surface area contributed by atoms with Crippen molar-refractivity contribution in [1.29, 1.82) is 0 Å². The van der Waals surface area contributed by atoms with E-state index in [-0.39, 0.29) is 29.3 Å². The van der Waals surface area contributed by atoms with E-state index in [4.69, 9.17) is 16.3 Å². The van der Waals surface area contributed by atoms with Crippen molar-refractivity contribution < 1.29 is 9.53 Å². The van der Waals surface area contributed by atoms with Crippen LogP contribution in [0, 0.1) is 0 Å². The molecule has 0 aromatic heterocycles. The van der Waals surface area contributed by atoms with Gasteiger partial charge in [-0.25, -0.2) is 15.7 Å². The van der Waals surface area contributed by atoms with E-state index >= 15 is 0 Å². The summed E-state index contributed by atoms with van der Waals surface area (Å²) in [5, 5.41) is 8.23.